The van der Waals surface area contributed by atoms with Gasteiger partial charge >= 0.3 is 0 Å². The minimum atomic E-state index is 0.953. The first-order valence-electron chi connectivity index (χ1n) is 12.8. The summed E-state index contributed by atoms with van der Waals surface area (Å²) in [5.41, 5.74) is 5.20. The van der Waals surface area contributed by atoms with Gasteiger partial charge in [-0.2, -0.15) is 0 Å². The average Bonchev–Trinajstić information content (AvgIpc) is 2.81. The number of benzene rings is 1. The van der Waals surface area contributed by atoms with Crippen LogP contribution in [0.15, 0.2) is 42.6 Å². The second kappa shape index (κ2) is 12.9. The van der Waals surface area contributed by atoms with Gasteiger partial charge in [0.05, 0.1) is 5.69 Å². The molecule has 1 heteroatoms. The number of nitrogens with zero attached hydrogens (tertiary/aromatic N) is 1. The molecule has 3 rings (SSSR count). The Morgan fingerprint density at radius 1 is 0.667 bits per heavy atom. The van der Waals surface area contributed by atoms with Gasteiger partial charge in [-0.3, -0.25) is 4.98 Å². The standard InChI is InChI=1S/C29H43N/c1-3-5-7-8-10-27-19-22-29(30-23-27)28-20-17-26(18-21-28)16-15-25-13-11-24(12-14-25)9-6-4-2/h17-25H,3-16H2,1-2H3. The molecule has 0 saturated heterocycles. The van der Waals surface area contributed by atoms with E-state index in [1.807, 2.05) is 0 Å². The number of rotatable bonds is 12. The number of unbranched alkanes of at least 4 members (excludes halogenated alkanes) is 4. The first-order chi connectivity index (χ1) is 14.8. The molecule has 1 fully saturated rings. The van der Waals surface area contributed by atoms with E-state index in [-0.39, 0.29) is 0 Å². The van der Waals surface area contributed by atoms with Gasteiger partial charge in [0.1, 0.15) is 0 Å². The molecule has 1 nitrogen and oxygen atoms in total. The van der Waals surface area contributed by atoms with Crippen LogP contribution in [0.1, 0.15) is 102 Å². The van der Waals surface area contributed by atoms with E-state index >= 15 is 0 Å². The third-order valence-electron chi connectivity index (χ3n) is 7.17. The zero-order valence-corrected chi connectivity index (χ0v) is 19.5. The first kappa shape index (κ1) is 23.0. The third-order valence-corrected chi connectivity index (χ3v) is 7.17. The van der Waals surface area contributed by atoms with Crippen molar-refractivity contribution in [1.82, 2.24) is 4.98 Å². The van der Waals surface area contributed by atoms with Crippen LogP contribution in [0.5, 0.6) is 0 Å². The lowest BCUT2D eigenvalue weighted by Crippen LogP contribution is -2.15. The van der Waals surface area contributed by atoms with E-state index in [1.165, 1.54) is 100 Å². The van der Waals surface area contributed by atoms with Gasteiger partial charge in [-0.05, 0) is 54.7 Å². The van der Waals surface area contributed by atoms with Crippen molar-refractivity contribution >= 4 is 0 Å². The van der Waals surface area contributed by atoms with Crippen molar-refractivity contribution < 1.29 is 0 Å². The van der Waals surface area contributed by atoms with E-state index in [9.17, 15) is 0 Å². The highest BCUT2D eigenvalue weighted by atomic mass is 14.7. The maximum atomic E-state index is 4.73. The molecule has 0 radical (unpaired) electrons. The van der Waals surface area contributed by atoms with Gasteiger partial charge in [-0.15, -0.1) is 0 Å². The van der Waals surface area contributed by atoms with Crippen LogP contribution < -0.4 is 0 Å². The molecule has 1 aliphatic rings. The van der Waals surface area contributed by atoms with Gasteiger partial charge in [0.25, 0.3) is 0 Å². The maximum absolute atomic E-state index is 4.73. The molecule has 1 saturated carbocycles. The van der Waals surface area contributed by atoms with E-state index < -0.39 is 0 Å². The lowest BCUT2D eigenvalue weighted by atomic mass is 9.78. The van der Waals surface area contributed by atoms with E-state index in [2.05, 4.69) is 56.4 Å². The number of hydrogen-bond donors (Lipinski definition) is 0. The highest BCUT2D eigenvalue weighted by molar-refractivity contribution is 5.59. The number of aromatic nitrogens is 1. The molecule has 1 heterocycles. The summed E-state index contributed by atoms with van der Waals surface area (Å²) in [7, 11) is 0. The molecule has 0 bridgehead atoms. The van der Waals surface area contributed by atoms with Crippen LogP contribution in [-0.2, 0) is 12.8 Å². The molecule has 0 spiro atoms. The molecular weight excluding hydrogens is 362 g/mol. The van der Waals surface area contributed by atoms with Crippen molar-refractivity contribution in [2.45, 2.75) is 104 Å². The normalized spacial score (nSPS) is 19.1. The molecule has 30 heavy (non-hydrogen) atoms. The molecule has 0 N–H and O–H groups in total. The lowest BCUT2D eigenvalue weighted by molar-refractivity contribution is 0.250. The number of aryl methyl sites for hydroxylation is 2. The predicted molar refractivity (Wildman–Crippen MR) is 131 cm³/mol. The Morgan fingerprint density at radius 2 is 1.33 bits per heavy atom. The van der Waals surface area contributed by atoms with Crippen LogP contribution >= 0.6 is 0 Å². The summed E-state index contributed by atoms with van der Waals surface area (Å²) in [4.78, 5) is 4.73. The first-order valence-corrected chi connectivity index (χ1v) is 12.8. The summed E-state index contributed by atoms with van der Waals surface area (Å²) < 4.78 is 0. The minimum Gasteiger partial charge on any atom is -0.256 e. The zero-order valence-electron chi connectivity index (χ0n) is 19.5. The monoisotopic (exact) mass is 405 g/mol. The van der Waals surface area contributed by atoms with Crippen molar-refractivity contribution in [3.8, 4) is 11.3 Å². The maximum Gasteiger partial charge on any atom is 0.0702 e. The molecule has 1 aromatic carbocycles. The molecule has 0 aliphatic heterocycles. The van der Waals surface area contributed by atoms with E-state index in [1.54, 1.807) is 0 Å². The average molecular weight is 406 g/mol. The van der Waals surface area contributed by atoms with Crippen molar-refractivity contribution in [3.05, 3.63) is 53.7 Å². The summed E-state index contributed by atoms with van der Waals surface area (Å²) in [6, 6.07) is 13.6. The molecule has 1 aromatic heterocycles. The fourth-order valence-corrected chi connectivity index (χ4v) is 5.01. The van der Waals surface area contributed by atoms with E-state index in [0.717, 1.165) is 24.0 Å². The smallest absolute Gasteiger partial charge is 0.0702 e. The molecule has 0 amide bonds. The summed E-state index contributed by atoms with van der Waals surface area (Å²) in [6.07, 6.45) is 21.2. The highest BCUT2D eigenvalue weighted by Gasteiger charge is 2.20. The Morgan fingerprint density at radius 3 is 1.97 bits per heavy atom. The molecule has 1 aliphatic carbocycles. The van der Waals surface area contributed by atoms with Crippen molar-refractivity contribution in [2.75, 3.05) is 0 Å². The summed E-state index contributed by atoms with van der Waals surface area (Å²) in [6.45, 7) is 4.58. The second-order valence-electron chi connectivity index (χ2n) is 9.63. The van der Waals surface area contributed by atoms with Crippen LogP contribution in [0.4, 0.5) is 0 Å². The SMILES string of the molecule is CCCCCCc1ccc(-c2ccc(CCC3CCC(CCCC)CC3)cc2)nc1. The van der Waals surface area contributed by atoms with Crippen molar-refractivity contribution in [2.24, 2.45) is 11.8 Å². The van der Waals surface area contributed by atoms with Gasteiger partial charge in [-0.1, -0.05) is 108 Å². The fraction of sp³-hybridized carbons (Fsp3) is 0.621. The summed E-state index contributed by atoms with van der Waals surface area (Å²) in [5.74, 6) is 1.98. The van der Waals surface area contributed by atoms with Crippen LogP contribution in [0.25, 0.3) is 11.3 Å². The molecule has 0 atom stereocenters. The minimum absolute atomic E-state index is 0.953. The summed E-state index contributed by atoms with van der Waals surface area (Å²) >= 11 is 0. The van der Waals surface area contributed by atoms with Gasteiger partial charge in [-0.25, -0.2) is 0 Å². The third kappa shape index (κ3) is 7.56. The van der Waals surface area contributed by atoms with Crippen LogP contribution in [0, 0.1) is 11.8 Å². The van der Waals surface area contributed by atoms with Crippen molar-refractivity contribution in [3.63, 3.8) is 0 Å². The Hall–Kier alpha value is -1.63. The lowest BCUT2D eigenvalue weighted by Gasteiger charge is -2.28. The van der Waals surface area contributed by atoms with Crippen LogP contribution in [-0.4, -0.2) is 4.98 Å². The van der Waals surface area contributed by atoms with E-state index in [0.29, 0.717) is 0 Å². The predicted octanol–water partition coefficient (Wildman–Crippen LogP) is 8.80. The fourth-order valence-electron chi connectivity index (χ4n) is 5.01. The quantitative estimate of drug-likeness (QED) is 0.321. The second-order valence-corrected chi connectivity index (χ2v) is 9.63. The number of hydrogen-bond acceptors (Lipinski definition) is 1. The van der Waals surface area contributed by atoms with E-state index in [4.69, 9.17) is 4.98 Å². The zero-order chi connectivity index (χ0) is 21.0. The Labute approximate surface area is 185 Å². The van der Waals surface area contributed by atoms with Crippen molar-refractivity contribution in [1.29, 1.82) is 0 Å². The largest absolute Gasteiger partial charge is 0.256 e. The number of pyridine rings is 1. The summed E-state index contributed by atoms with van der Waals surface area (Å²) in [5, 5.41) is 0. The molecule has 0 unspecified atom stereocenters. The van der Waals surface area contributed by atoms with Gasteiger partial charge in [0, 0.05) is 11.8 Å². The Balaban J connectivity index is 1.41. The van der Waals surface area contributed by atoms with Gasteiger partial charge in [0.15, 0.2) is 0 Å². The van der Waals surface area contributed by atoms with Crippen LogP contribution in [0.2, 0.25) is 0 Å². The Bertz CT molecular complexity index is 692. The molecule has 2 aromatic rings. The Kier molecular flexibility index (Phi) is 9.93. The molecule has 164 valence electrons. The highest BCUT2D eigenvalue weighted by Crippen LogP contribution is 2.34. The molecular formula is C29H43N. The topological polar surface area (TPSA) is 12.9 Å². The van der Waals surface area contributed by atoms with Crippen LogP contribution in [0.3, 0.4) is 0 Å². The van der Waals surface area contributed by atoms with Gasteiger partial charge < -0.3 is 0 Å². The van der Waals surface area contributed by atoms with Gasteiger partial charge in [0.2, 0.25) is 0 Å².